The van der Waals surface area contributed by atoms with Gasteiger partial charge in [-0.05, 0) is 33.0 Å². The maximum atomic E-state index is 14.0. The van der Waals surface area contributed by atoms with Gasteiger partial charge in [0.1, 0.15) is 17.2 Å². The zero-order valence-corrected chi connectivity index (χ0v) is 20.4. The van der Waals surface area contributed by atoms with E-state index in [0.29, 0.717) is 34.8 Å². The van der Waals surface area contributed by atoms with Crippen molar-refractivity contribution in [2.24, 2.45) is 0 Å². The van der Waals surface area contributed by atoms with Gasteiger partial charge in [-0.2, -0.15) is 15.1 Å². The molecule has 1 aliphatic heterocycles. The molecule has 0 unspecified atom stereocenters. The SMILES string of the molecule is COc1nc(C)c2nc(-c3cncc(F)c3)n(Cc3cnn(CCCN4CCN(C)CC4)c3)c2n1. The topological polar surface area (TPSA) is 90.0 Å². The van der Waals surface area contributed by atoms with Crippen LogP contribution < -0.4 is 4.74 Å². The first-order chi connectivity index (χ1) is 17.0. The van der Waals surface area contributed by atoms with Gasteiger partial charge >= 0.3 is 6.01 Å². The predicted octanol–water partition coefficient (Wildman–Crippen LogP) is 2.23. The van der Waals surface area contributed by atoms with Crippen LogP contribution in [0.15, 0.2) is 30.9 Å². The maximum Gasteiger partial charge on any atom is 0.318 e. The number of ether oxygens (including phenoxy) is 1. The molecule has 1 aliphatic rings. The highest BCUT2D eigenvalue weighted by Crippen LogP contribution is 2.27. The van der Waals surface area contributed by atoms with E-state index in [4.69, 9.17) is 9.72 Å². The number of fused-ring (bicyclic) bond motifs is 1. The molecule has 0 aliphatic carbocycles. The number of hydrogen-bond acceptors (Lipinski definition) is 8. The number of methoxy groups -OCH3 is 1. The van der Waals surface area contributed by atoms with E-state index in [2.05, 4.69) is 43.1 Å². The lowest BCUT2D eigenvalue weighted by Gasteiger charge is -2.32. The number of aryl methyl sites for hydroxylation is 2. The second-order valence-electron chi connectivity index (χ2n) is 8.99. The number of aromatic nitrogens is 7. The molecule has 5 heterocycles. The minimum absolute atomic E-state index is 0.264. The lowest BCUT2D eigenvalue weighted by Crippen LogP contribution is -2.44. The van der Waals surface area contributed by atoms with Crippen molar-refractivity contribution in [3.63, 3.8) is 0 Å². The van der Waals surface area contributed by atoms with E-state index < -0.39 is 5.82 Å². The molecule has 35 heavy (non-hydrogen) atoms. The molecule has 0 radical (unpaired) electrons. The molecular formula is C24H30FN9O. The standard InChI is InChI=1S/C24H30FN9O/c1-17-21-23(30-24(28-17)35-3)34(22(29-21)19-11-20(25)14-26-13-19)16-18-12-27-33(15-18)6-4-5-32-9-7-31(2)8-10-32/h11-15H,4-10,16H2,1-3H3. The number of nitrogens with zero attached hydrogens (tertiary/aromatic N) is 9. The van der Waals surface area contributed by atoms with Crippen LogP contribution in [0.25, 0.3) is 22.6 Å². The molecule has 0 amide bonds. The smallest absolute Gasteiger partial charge is 0.318 e. The summed E-state index contributed by atoms with van der Waals surface area (Å²) in [6, 6.07) is 1.69. The molecule has 11 heteroatoms. The summed E-state index contributed by atoms with van der Waals surface area (Å²) < 4.78 is 23.2. The van der Waals surface area contributed by atoms with Crippen LogP contribution >= 0.6 is 0 Å². The first-order valence-corrected chi connectivity index (χ1v) is 11.8. The molecule has 1 fully saturated rings. The fourth-order valence-electron chi connectivity index (χ4n) is 4.43. The molecule has 0 saturated carbocycles. The number of likely N-dealkylation sites (N-methyl/N-ethyl adjacent to an activating group) is 1. The number of rotatable bonds is 8. The lowest BCUT2D eigenvalue weighted by atomic mass is 10.2. The van der Waals surface area contributed by atoms with Crippen LogP contribution in [0.4, 0.5) is 4.39 Å². The van der Waals surface area contributed by atoms with Gasteiger partial charge in [-0.15, -0.1) is 0 Å². The molecule has 0 N–H and O–H groups in total. The molecule has 184 valence electrons. The van der Waals surface area contributed by atoms with Crippen LogP contribution in [0, 0.1) is 12.7 Å². The minimum Gasteiger partial charge on any atom is -0.467 e. The van der Waals surface area contributed by atoms with Crippen molar-refractivity contribution in [3.05, 3.63) is 47.9 Å². The highest BCUT2D eigenvalue weighted by atomic mass is 19.1. The van der Waals surface area contributed by atoms with Gasteiger partial charge in [0.25, 0.3) is 0 Å². The molecule has 1 saturated heterocycles. The summed E-state index contributed by atoms with van der Waals surface area (Å²) in [7, 11) is 3.70. The Balaban J connectivity index is 1.38. The Bertz CT molecular complexity index is 1310. The highest BCUT2D eigenvalue weighted by molar-refractivity contribution is 5.79. The first kappa shape index (κ1) is 23.3. The van der Waals surface area contributed by atoms with Gasteiger partial charge in [0.15, 0.2) is 5.65 Å². The lowest BCUT2D eigenvalue weighted by molar-refractivity contribution is 0.151. The Labute approximate surface area is 203 Å². The van der Waals surface area contributed by atoms with E-state index in [0.717, 1.165) is 51.3 Å². The van der Waals surface area contributed by atoms with Crippen molar-refractivity contribution in [1.82, 2.24) is 44.1 Å². The zero-order chi connectivity index (χ0) is 24.4. The minimum atomic E-state index is -0.422. The molecular weight excluding hydrogens is 449 g/mol. The third kappa shape index (κ3) is 5.15. The van der Waals surface area contributed by atoms with Crippen LogP contribution in [0.2, 0.25) is 0 Å². The number of halogens is 1. The van der Waals surface area contributed by atoms with Crippen molar-refractivity contribution in [2.75, 3.05) is 46.9 Å². The van der Waals surface area contributed by atoms with Crippen molar-refractivity contribution in [1.29, 1.82) is 0 Å². The number of piperazine rings is 1. The Morgan fingerprint density at radius 3 is 2.63 bits per heavy atom. The van der Waals surface area contributed by atoms with Crippen molar-refractivity contribution in [2.45, 2.75) is 26.4 Å². The van der Waals surface area contributed by atoms with Crippen LogP contribution in [0.3, 0.4) is 0 Å². The van der Waals surface area contributed by atoms with E-state index >= 15 is 0 Å². The highest BCUT2D eigenvalue weighted by Gasteiger charge is 2.19. The van der Waals surface area contributed by atoms with E-state index in [1.165, 1.54) is 19.4 Å². The quantitative estimate of drug-likeness (QED) is 0.380. The largest absolute Gasteiger partial charge is 0.467 e. The molecule has 0 atom stereocenters. The van der Waals surface area contributed by atoms with E-state index in [1.54, 1.807) is 6.20 Å². The van der Waals surface area contributed by atoms with Gasteiger partial charge in [0, 0.05) is 56.2 Å². The summed E-state index contributed by atoms with van der Waals surface area (Å²) in [5, 5.41) is 4.57. The number of hydrogen-bond donors (Lipinski definition) is 0. The van der Waals surface area contributed by atoms with Crippen LogP contribution in [-0.4, -0.2) is 91.0 Å². The van der Waals surface area contributed by atoms with Gasteiger partial charge in [-0.3, -0.25) is 9.67 Å². The van der Waals surface area contributed by atoms with Gasteiger partial charge in [0.2, 0.25) is 0 Å². The van der Waals surface area contributed by atoms with Gasteiger partial charge in [0.05, 0.1) is 31.7 Å². The molecule has 0 spiro atoms. The van der Waals surface area contributed by atoms with E-state index in [1.807, 2.05) is 22.4 Å². The number of imidazole rings is 1. The van der Waals surface area contributed by atoms with E-state index in [9.17, 15) is 4.39 Å². The molecule has 5 rings (SSSR count). The van der Waals surface area contributed by atoms with Crippen molar-refractivity contribution in [3.8, 4) is 17.4 Å². The van der Waals surface area contributed by atoms with Crippen molar-refractivity contribution < 1.29 is 9.13 Å². The second-order valence-corrected chi connectivity index (χ2v) is 8.99. The van der Waals surface area contributed by atoms with Gasteiger partial charge < -0.3 is 19.1 Å². The summed E-state index contributed by atoms with van der Waals surface area (Å²) in [5.41, 5.74) is 3.53. The summed E-state index contributed by atoms with van der Waals surface area (Å²) in [6.07, 6.45) is 7.73. The van der Waals surface area contributed by atoms with Crippen molar-refractivity contribution >= 4 is 11.2 Å². The maximum absolute atomic E-state index is 14.0. The second kappa shape index (κ2) is 10.0. The third-order valence-corrected chi connectivity index (χ3v) is 6.38. The molecule has 4 aromatic rings. The Morgan fingerprint density at radius 2 is 1.86 bits per heavy atom. The zero-order valence-electron chi connectivity index (χ0n) is 20.4. The van der Waals surface area contributed by atoms with Gasteiger partial charge in [-0.1, -0.05) is 0 Å². The molecule has 0 bridgehead atoms. The molecule has 0 aromatic carbocycles. The Hall–Kier alpha value is -3.44. The van der Waals surface area contributed by atoms with Gasteiger partial charge in [-0.25, -0.2) is 9.37 Å². The van der Waals surface area contributed by atoms with Crippen LogP contribution in [0.1, 0.15) is 17.7 Å². The average Bonchev–Trinajstić information content (AvgIpc) is 3.45. The summed E-state index contributed by atoms with van der Waals surface area (Å²) in [6.45, 7) is 8.75. The molecule has 10 nitrogen and oxygen atoms in total. The van der Waals surface area contributed by atoms with Crippen LogP contribution in [0.5, 0.6) is 6.01 Å². The predicted molar refractivity (Wildman–Crippen MR) is 130 cm³/mol. The first-order valence-electron chi connectivity index (χ1n) is 11.8. The third-order valence-electron chi connectivity index (χ3n) is 6.38. The summed E-state index contributed by atoms with van der Waals surface area (Å²) in [4.78, 5) is 22.5. The molecule has 4 aromatic heterocycles. The van der Waals surface area contributed by atoms with Crippen LogP contribution in [-0.2, 0) is 13.1 Å². The Morgan fingerprint density at radius 1 is 1.03 bits per heavy atom. The summed E-state index contributed by atoms with van der Waals surface area (Å²) in [5.74, 6) is 0.148. The fourth-order valence-corrected chi connectivity index (χ4v) is 4.43. The fraction of sp³-hybridized carbons (Fsp3) is 0.458. The normalized spacial score (nSPS) is 15.2. The number of pyridine rings is 1. The van der Waals surface area contributed by atoms with E-state index in [-0.39, 0.29) is 6.01 Å². The Kier molecular flexibility index (Phi) is 6.69. The summed E-state index contributed by atoms with van der Waals surface area (Å²) >= 11 is 0. The monoisotopic (exact) mass is 479 g/mol. The average molecular weight is 480 g/mol.